The van der Waals surface area contributed by atoms with Crippen molar-refractivity contribution in [2.24, 2.45) is 0 Å². The van der Waals surface area contributed by atoms with E-state index in [-0.39, 0.29) is 18.0 Å². The van der Waals surface area contributed by atoms with Gasteiger partial charge in [-0.25, -0.2) is 4.98 Å². The summed E-state index contributed by atoms with van der Waals surface area (Å²) < 4.78 is 0. The maximum atomic E-state index is 12.0. The lowest BCUT2D eigenvalue weighted by Gasteiger charge is -2.26. The molecule has 21 heavy (non-hydrogen) atoms. The minimum atomic E-state index is 0.0183. The summed E-state index contributed by atoms with van der Waals surface area (Å²) in [5, 5.41) is 4.12. The molecule has 0 saturated carbocycles. The van der Waals surface area contributed by atoms with E-state index in [0.717, 1.165) is 11.4 Å². The number of rotatable bonds is 4. The topological polar surface area (TPSA) is 61.0 Å². The molecule has 2 aromatic rings. The Bertz CT molecular complexity index is 611. The number of amides is 1. The Morgan fingerprint density at radius 3 is 2.86 bits per heavy atom. The highest BCUT2D eigenvalue weighted by Crippen LogP contribution is 2.32. The zero-order valence-corrected chi connectivity index (χ0v) is 12.5. The predicted molar refractivity (Wildman–Crippen MR) is 80.8 cm³/mol. The third-order valence-corrected chi connectivity index (χ3v) is 4.14. The molecule has 0 unspecified atom stereocenters. The van der Waals surface area contributed by atoms with Crippen molar-refractivity contribution in [3.63, 3.8) is 0 Å². The number of carbonyl (C=O) groups is 1. The van der Waals surface area contributed by atoms with Gasteiger partial charge in [0.2, 0.25) is 5.91 Å². The maximum absolute atomic E-state index is 12.0. The second-order valence-electron chi connectivity index (χ2n) is 5.23. The van der Waals surface area contributed by atoms with E-state index < -0.39 is 0 Å². The Morgan fingerprint density at radius 1 is 1.43 bits per heavy atom. The number of imidazole rings is 1. The molecule has 1 saturated heterocycles. The molecule has 0 spiro atoms. The molecule has 1 fully saturated rings. The van der Waals surface area contributed by atoms with Gasteiger partial charge in [-0.2, -0.15) is 0 Å². The third kappa shape index (κ3) is 2.94. The molecular weight excluding hydrogens is 288 g/mol. The summed E-state index contributed by atoms with van der Waals surface area (Å²) in [6.45, 7) is 0.614. The lowest BCUT2D eigenvalue weighted by atomic mass is 10.0. The van der Waals surface area contributed by atoms with Crippen LogP contribution in [0.2, 0.25) is 5.02 Å². The van der Waals surface area contributed by atoms with Crippen molar-refractivity contribution < 1.29 is 4.79 Å². The monoisotopic (exact) mass is 304 g/mol. The predicted octanol–water partition coefficient (Wildman–Crippen LogP) is 2.12. The molecule has 3 rings (SSSR count). The average Bonchev–Trinajstić information content (AvgIpc) is 3.08. The number of carbonyl (C=O) groups excluding carboxylic acids is 1. The van der Waals surface area contributed by atoms with E-state index in [1.54, 1.807) is 17.3 Å². The van der Waals surface area contributed by atoms with Crippen molar-refractivity contribution in [2.75, 3.05) is 7.05 Å². The average molecular weight is 305 g/mol. The number of H-pyrrole nitrogens is 1. The van der Waals surface area contributed by atoms with Crippen LogP contribution in [-0.4, -0.2) is 33.9 Å². The number of hydrogen-bond acceptors (Lipinski definition) is 3. The van der Waals surface area contributed by atoms with Crippen LogP contribution >= 0.6 is 11.6 Å². The smallest absolute Gasteiger partial charge is 0.224 e. The van der Waals surface area contributed by atoms with E-state index in [4.69, 9.17) is 11.6 Å². The van der Waals surface area contributed by atoms with Gasteiger partial charge in [-0.05, 0) is 17.7 Å². The van der Waals surface area contributed by atoms with Crippen molar-refractivity contribution in [1.29, 1.82) is 0 Å². The fourth-order valence-corrected chi connectivity index (χ4v) is 2.92. The number of likely N-dealkylation sites (N-methyl/N-ethyl adjacent to an activating group) is 1. The standard InChI is InChI=1S/C15H17ClN4O/c1-20-14(21)8-12(19-9-13-17-6-7-18-13)15(20)10-2-4-11(16)5-3-10/h2-7,12,15,19H,8-9H2,1H3,(H,17,18)/t12-,15+/m1/s1. The summed E-state index contributed by atoms with van der Waals surface area (Å²) in [6, 6.07) is 7.75. The molecule has 6 heteroatoms. The molecule has 1 aromatic heterocycles. The van der Waals surface area contributed by atoms with Gasteiger partial charge in [0.25, 0.3) is 0 Å². The summed E-state index contributed by atoms with van der Waals surface area (Å²) in [5.74, 6) is 1.01. The molecule has 2 heterocycles. The van der Waals surface area contributed by atoms with Gasteiger partial charge in [-0.1, -0.05) is 23.7 Å². The van der Waals surface area contributed by atoms with Crippen LogP contribution in [0.15, 0.2) is 36.7 Å². The zero-order chi connectivity index (χ0) is 14.8. The Hall–Kier alpha value is -1.85. The van der Waals surface area contributed by atoms with Crippen LogP contribution in [0.25, 0.3) is 0 Å². The van der Waals surface area contributed by atoms with Crippen LogP contribution in [-0.2, 0) is 11.3 Å². The number of likely N-dealkylation sites (tertiary alicyclic amines) is 1. The van der Waals surface area contributed by atoms with Gasteiger partial charge in [-0.15, -0.1) is 0 Å². The number of aromatic nitrogens is 2. The fraction of sp³-hybridized carbons (Fsp3) is 0.333. The molecule has 5 nitrogen and oxygen atoms in total. The van der Waals surface area contributed by atoms with Gasteiger partial charge in [-0.3, -0.25) is 4.79 Å². The number of halogens is 1. The fourth-order valence-electron chi connectivity index (χ4n) is 2.79. The molecule has 110 valence electrons. The van der Waals surface area contributed by atoms with Gasteiger partial charge in [0, 0.05) is 36.9 Å². The van der Waals surface area contributed by atoms with E-state index in [1.807, 2.05) is 31.3 Å². The highest BCUT2D eigenvalue weighted by Gasteiger charge is 2.38. The summed E-state index contributed by atoms with van der Waals surface area (Å²) in [5.41, 5.74) is 1.09. The van der Waals surface area contributed by atoms with Crippen molar-refractivity contribution >= 4 is 17.5 Å². The quantitative estimate of drug-likeness (QED) is 0.909. The zero-order valence-electron chi connectivity index (χ0n) is 11.7. The van der Waals surface area contributed by atoms with E-state index in [1.165, 1.54) is 0 Å². The molecular formula is C15H17ClN4O. The van der Waals surface area contributed by atoms with Crippen LogP contribution in [0, 0.1) is 0 Å². The largest absolute Gasteiger partial charge is 0.348 e. The van der Waals surface area contributed by atoms with E-state index in [2.05, 4.69) is 15.3 Å². The first-order valence-corrected chi connectivity index (χ1v) is 7.25. The van der Waals surface area contributed by atoms with Crippen molar-refractivity contribution in [3.05, 3.63) is 53.1 Å². The van der Waals surface area contributed by atoms with Crippen LogP contribution in [0.3, 0.4) is 0 Å². The Morgan fingerprint density at radius 2 is 2.19 bits per heavy atom. The Balaban J connectivity index is 1.77. The summed E-state index contributed by atoms with van der Waals surface area (Å²) in [4.78, 5) is 21.1. The van der Waals surface area contributed by atoms with Crippen molar-refractivity contribution in [3.8, 4) is 0 Å². The van der Waals surface area contributed by atoms with Gasteiger partial charge < -0.3 is 15.2 Å². The molecule has 2 atom stereocenters. The Labute approximate surface area is 128 Å². The number of hydrogen-bond donors (Lipinski definition) is 2. The highest BCUT2D eigenvalue weighted by atomic mass is 35.5. The van der Waals surface area contributed by atoms with E-state index in [0.29, 0.717) is 18.0 Å². The van der Waals surface area contributed by atoms with Crippen LogP contribution in [0.4, 0.5) is 0 Å². The number of benzene rings is 1. The summed E-state index contributed by atoms with van der Waals surface area (Å²) in [6.07, 6.45) is 4.00. The van der Waals surface area contributed by atoms with Gasteiger partial charge in [0.1, 0.15) is 5.82 Å². The van der Waals surface area contributed by atoms with Crippen molar-refractivity contribution in [1.82, 2.24) is 20.2 Å². The molecule has 0 aliphatic carbocycles. The lowest BCUT2D eigenvalue weighted by Crippen LogP contribution is -2.35. The first kappa shape index (κ1) is 14.1. The maximum Gasteiger partial charge on any atom is 0.224 e. The molecule has 1 amide bonds. The van der Waals surface area contributed by atoms with Gasteiger partial charge in [0.05, 0.1) is 12.6 Å². The molecule has 2 N–H and O–H groups in total. The second kappa shape index (κ2) is 5.87. The third-order valence-electron chi connectivity index (χ3n) is 3.88. The normalized spacial score (nSPS) is 22.0. The highest BCUT2D eigenvalue weighted by molar-refractivity contribution is 6.30. The minimum absolute atomic E-state index is 0.0183. The lowest BCUT2D eigenvalue weighted by molar-refractivity contribution is -0.127. The number of nitrogens with zero attached hydrogens (tertiary/aromatic N) is 2. The number of nitrogens with one attached hydrogen (secondary N) is 2. The van der Waals surface area contributed by atoms with Crippen LogP contribution < -0.4 is 5.32 Å². The summed E-state index contributed by atoms with van der Waals surface area (Å²) >= 11 is 5.94. The molecule has 1 aromatic carbocycles. The Kier molecular flexibility index (Phi) is 3.94. The van der Waals surface area contributed by atoms with Crippen molar-refractivity contribution in [2.45, 2.75) is 25.0 Å². The van der Waals surface area contributed by atoms with E-state index >= 15 is 0 Å². The first-order chi connectivity index (χ1) is 10.1. The van der Waals surface area contributed by atoms with Crippen LogP contribution in [0.5, 0.6) is 0 Å². The van der Waals surface area contributed by atoms with Gasteiger partial charge in [0.15, 0.2) is 0 Å². The van der Waals surface area contributed by atoms with Crippen LogP contribution in [0.1, 0.15) is 23.9 Å². The first-order valence-electron chi connectivity index (χ1n) is 6.88. The van der Waals surface area contributed by atoms with E-state index in [9.17, 15) is 4.79 Å². The molecule has 1 aliphatic heterocycles. The number of aromatic amines is 1. The molecule has 0 bridgehead atoms. The SMILES string of the molecule is CN1C(=O)C[C@@H](NCc2ncc[nH]2)[C@@H]1c1ccc(Cl)cc1. The second-order valence-corrected chi connectivity index (χ2v) is 5.66. The summed E-state index contributed by atoms with van der Waals surface area (Å²) in [7, 11) is 1.84. The molecule has 0 radical (unpaired) electrons. The minimum Gasteiger partial charge on any atom is -0.348 e. The van der Waals surface area contributed by atoms with Gasteiger partial charge >= 0.3 is 0 Å². The molecule has 1 aliphatic rings.